The maximum absolute atomic E-state index is 11.9. The van der Waals surface area contributed by atoms with Crippen molar-refractivity contribution in [2.45, 2.75) is 64.1 Å². The fourth-order valence-electron chi connectivity index (χ4n) is 7.89. The van der Waals surface area contributed by atoms with Gasteiger partial charge in [0, 0.05) is 52.6 Å². The van der Waals surface area contributed by atoms with Crippen molar-refractivity contribution in [3.8, 4) is 11.5 Å². The van der Waals surface area contributed by atoms with Gasteiger partial charge in [0.05, 0.1) is 19.9 Å². The van der Waals surface area contributed by atoms with Crippen LogP contribution in [0.25, 0.3) is 0 Å². The maximum Gasteiger partial charge on any atom is 0.302 e. The molecule has 4 heterocycles. The van der Waals surface area contributed by atoms with Crippen LogP contribution in [0.5, 0.6) is 11.5 Å². The summed E-state index contributed by atoms with van der Waals surface area (Å²) < 4.78 is 10.9. The van der Waals surface area contributed by atoms with Crippen molar-refractivity contribution in [2.24, 2.45) is 40.3 Å². The van der Waals surface area contributed by atoms with Crippen molar-refractivity contribution in [1.82, 2.24) is 15.1 Å². The van der Waals surface area contributed by atoms with Gasteiger partial charge in [0.1, 0.15) is 6.10 Å². The van der Waals surface area contributed by atoms with Crippen molar-refractivity contribution < 1.29 is 24.5 Å². The molecule has 1 saturated carbocycles. The summed E-state index contributed by atoms with van der Waals surface area (Å²) in [4.78, 5) is 21.7. The zero-order valence-electron chi connectivity index (χ0n) is 24.7. The number of benzene rings is 1. The lowest BCUT2D eigenvalue weighted by atomic mass is 9.71. The van der Waals surface area contributed by atoms with Crippen LogP contribution in [0.3, 0.4) is 0 Å². The lowest BCUT2D eigenvalue weighted by Gasteiger charge is -2.47. The van der Waals surface area contributed by atoms with E-state index in [1.165, 1.54) is 33.5 Å². The molecule has 4 bridgehead atoms. The third kappa shape index (κ3) is 8.05. The first-order chi connectivity index (χ1) is 19.7. The van der Waals surface area contributed by atoms with Crippen molar-refractivity contribution in [2.75, 3.05) is 53.0 Å². The Balaban J connectivity index is 1.21. The van der Waals surface area contributed by atoms with E-state index in [4.69, 9.17) is 15.2 Å². The molecular formula is C31H49N5O5. The molecule has 7 unspecified atom stereocenters. The number of esters is 1. The molecule has 5 aliphatic rings. The number of fused-ring (bicyclic) bond motifs is 3. The summed E-state index contributed by atoms with van der Waals surface area (Å²) in [6.45, 7) is 8.52. The second-order valence-corrected chi connectivity index (χ2v) is 13.0. The maximum atomic E-state index is 11.9. The van der Waals surface area contributed by atoms with Gasteiger partial charge in [0.2, 0.25) is 0 Å². The van der Waals surface area contributed by atoms with Crippen LogP contribution in [0.2, 0.25) is 0 Å². The summed E-state index contributed by atoms with van der Waals surface area (Å²) in [7, 11) is 1.52. The number of phenolic OH excluding ortho intramolecular Hbond substituents is 1. The zero-order chi connectivity index (χ0) is 28.9. The molecule has 7 atom stereocenters. The van der Waals surface area contributed by atoms with E-state index in [2.05, 4.69) is 20.1 Å². The van der Waals surface area contributed by atoms with E-state index >= 15 is 0 Å². The number of nitrogens with zero attached hydrogens (tertiary/aromatic N) is 3. The van der Waals surface area contributed by atoms with Crippen LogP contribution in [-0.4, -0.2) is 97.2 Å². The molecule has 10 heteroatoms. The van der Waals surface area contributed by atoms with Gasteiger partial charge in [-0.05, 0) is 85.8 Å². The van der Waals surface area contributed by atoms with Crippen molar-refractivity contribution in [3.05, 3.63) is 23.8 Å². The molecule has 228 valence electrons. The third-order valence-electron chi connectivity index (χ3n) is 9.77. The highest BCUT2D eigenvalue weighted by Gasteiger charge is 2.39. The highest BCUT2D eigenvalue weighted by atomic mass is 16.5. The van der Waals surface area contributed by atoms with Crippen LogP contribution >= 0.6 is 0 Å². The van der Waals surface area contributed by atoms with Crippen molar-refractivity contribution in [3.63, 3.8) is 0 Å². The number of rotatable bonds is 8. The number of carbonyl (C=O) groups excluding carboxylic acids is 1. The van der Waals surface area contributed by atoms with Crippen molar-refractivity contribution in [1.29, 1.82) is 0 Å². The number of aliphatic hydroxyl groups excluding tert-OH is 1. The molecule has 0 spiro atoms. The molecule has 6 rings (SSSR count). The number of nitrogens with two attached hydrogens (primary N) is 1. The second kappa shape index (κ2) is 13.6. The minimum Gasteiger partial charge on any atom is -0.504 e. The Labute approximate surface area is 244 Å². The van der Waals surface area contributed by atoms with Crippen LogP contribution < -0.4 is 15.8 Å². The first-order valence-corrected chi connectivity index (χ1v) is 15.4. The zero-order valence-corrected chi connectivity index (χ0v) is 24.7. The Bertz CT molecular complexity index is 1060. The Morgan fingerprint density at radius 3 is 2.61 bits per heavy atom. The van der Waals surface area contributed by atoms with E-state index in [1.54, 1.807) is 12.1 Å². The molecular weight excluding hydrogens is 522 g/mol. The molecule has 1 aliphatic carbocycles. The van der Waals surface area contributed by atoms with Crippen LogP contribution in [0.1, 0.15) is 51.0 Å². The van der Waals surface area contributed by atoms with Crippen LogP contribution in [0.15, 0.2) is 23.2 Å². The topological polar surface area (TPSA) is 133 Å². The number of hydrogen-bond donors (Lipinski definition) is 4. The summed E-state index contributed by atoms with van der Waals surface area (Å²) in [5.41, 5.74) is 7.27. The summed E-state index contributed by atoms with van der Waals surface area (Å²) in [6, 6.07) is 5.26. The second-order valence-electron chi connectivity index (χ2n) is 13.0. The van der Waals surface area contributed by atoms with Gasteiger partial charge >= 0.3 is 5.97 Å². The van der Waals surface area contributed by atoms with Crippen LogP contribution in [0.4, 0.5) is 0 Å². The standard InChI is InChI=1S/C31H49N5O5/c1-20(37)41-27(7-3-21-4-8-28(38)30(10-21)40-2)12-29(39)24-5-6-25-18-35-14-22-9-23(15-35)17-36(16-22)19-34-31(32)33-13-26(25)11-24/h4,8,10,22-27,29,38-39H,3,5-7,9,11-19H2,1-2H3,(H3,32,33,34). The number of nitrogens with one attached hydrogen (secondary N) is 1. The van der Waals surface area contributed by atoms with Crippen molar-refractivity contribution >= 4 is 11.9 Å². The van der Waals surface area contributed by atoms with Gasteiger partial charge in [0.15, 0.2) is 17.5 Å². The number of phenols is 1. The highest BCUT2D eigenvalue weighted by Crippen LogP contribution is 2.39. The quantitative estimate of drug-likeness (QED) is 0.347. The predicted molar refractivity (Wildman–Crippen MR) is 158 cm³/mol. The smallest absolute Gasteiger partial charge is 0.302 e. The number of guanidine groups is 1. The number of hydrogen-bond acceptors (Lipinski definition) is 10. The summed E-state index contributed by atoms with van der Waals surface area (Å²) in [5.74, 6) is 3.22. The van der Waals surface area contributed by atoms with E-state index in [0.29, 0.717) is 61.3 Å². The molecule has 41 heavy (non-hydrogen) atoms. The predicted octanol–water partition coefficient (Wildman–Crippen LogP) is 2.18. The SMILES string of the molecule is COc1cc(CCC(CC(O)C2CCC3CN4CC5CC(CN(CN=C(N)NCC3C2)C5)C4)OC(C)=O)ccc1O. The lowest BCUT2D eigenvalue weighted by Crippen LogP contribution is -2.54. The third-order valence-corrected chi connectivity index (χ3v) is 9.77. The normalized spacial score (nSPS) is 33.1. The molecule has 1 aromatic carbocycles. The van der Waals surface area contributed by atoms with Gasteiger partial charge < -0.3 is 35.6 Å². The summed E-state index contributed by atoms with van der Waals surface area (Å²) >= 11 is 0. The number of piperidine rings is 2. The average molecular weight is 572 g/mol. The number of aromatic hydroxyl groups is 1. The number of methoxy groups -OCH3 is 1. The van der Waals surface area contributed by atoms with Gasteiger partial charge in [0.25, 0.3) is 0 Å². The highest BCUT2D eigenvalue weighted by molar-refractivity contribution is 5.77. The Morgan fingerprint density at radius 1 is 1.12 bits per heavy atom. The average Bonchev–Trinajstić information content (AvgIpc) is 2.94. The number of carbonyl (C=O) groups is 1. The fraction of sp³-hybridized carbons (Fsp3) is 0.742. The van der Waals surface area contributed by atoms with Crippen LogP contribution in [0, 0.1) is 29.6 Å². The van der Waals surface area contributed by atoms with Gasteiger partial charge in [-0.3, -0.25) is 9.69 Å². The monoisotopic (exact) mass is 571 g/mol. The van der Waals surface area contributed by atoms with E-state index in [0.717, 1.165) is 51.0 Å². The molecule has 4 aliphatic heterocycles. The number of aliphatic hydroxyl groups is 1. The molecule has 3 fully saturated rings. The minimum atomic E-state index is -0.551. The van der Waals surface area contributed by atoms with Gasteiger partial charge in [-0.2, -0.15) is 0 Å². The first-order valence-electron chi connectivity index (χ1n) is 15.4. The number of aliphatic imine (C=N–C) groups is 1. The van der Waals surface area contributed by atoms with E-state index in [1.807, 2.05) is 6.07 Å². The van der Waals surface area contributed by atoms with Gasteiger partial charge in [-0.1, -0.05) is 6.07 Å². The first kappa shape index (κ1) is 29.9. The van der Waals surface area contributed by atoms with E-state index < -0.39 is 6.10 Å². The largest absolute Gasteiger partial charge is 0.504 e. The Hall–Kier alpha value is -2.56. The molecule has 0 radical (unpaired) electrons. The number of ether oxygens (including phenoxy) is 2. The Kier molecular flexibility index (Phi) is 9.93. The molecule has 2 saturated heterocycles. The molecule has 5 N–H and O–H groups in total. The lowest BCUT2D eigenvalue weighted by molar-refractivity contribution is -0.148. The molecule has 0 aromatic heterocycles. The molecule has 10 nitrogen and oxygen atoms in total. The Morgan fingerprint density at radius 2 is 1.88 bits per heavy atom. The van der Waals surface area contributed by atoms with E-state index in [9.17, 15) is 15.0 Å². The number of aryl methyl sites for hydroxylation is 1. The molecule has 1 aromatic rings. The minimum absolute atomic E-state index is 0.0956. The summed E-state index contributed by atoms with van der Waals surface area (Å²) in [5, 5.41) is 24.7. The van der Waals surface area contributed by atoms with Crippen LogP contribution in [-0.2, 0) is 16.0 Å². The molecule has 0 amide bonds. The van der Waals surface area contributed by atoms with Gasteiger partial charge in [-0.25, -0.2) is 4.99 Å². The summed E-state index contributed by atoms with van der Waals surface area (Å²) in [6.07, 6.45) is 5.02. The van der Waals surface area contributed by atoms with E-state index in [-0.39, 0.29) is 23.7 Å². The fourth-order valence-corrected chi connectivity index (χ4v) is 7.89. The van der Waals surface area contributed by atoms with Gasteiger partial charge in [-0.15, -0.1) is 0 Å².